The van der Waals surface area contributed by atoms with Crippen molar-refractivity contribution in [3.05, 3.63) is 40.6 Å². The molecule has 3 aromatic rings. The van der Waals surface area contributed by atoms with Gasteiger partial charge in [0.2, 0.25) is 5.43 Å². The maximum atomic E-state index is 12.7. The van der Waals surface area contributed by atoms with E-state index in [1.807, 2.05) is 0 Å². The van der Waals surface area contributed by atoms with Gasteiger partial charge in [0.05, 0.1) is 14.2 Å². The van der Waals surface area contributed by atoms with Gasteiger partial charge >= 0.3 is 0 Å². The molecule has 1 aromatic heterocycles. The molecule has 0 atom stereocenters. The SMILES string of the molecule is COOc1cc(O)c2c(=O)c(OOC)c(-c3ccc(O)c(O)c3)oc2c1. The average Bonchev–Trinajstić information content (AvgIpc) is 2.59. The Morgan fingerprint density at radius 2 is 1.62 bits per heavy atom. The fourth-order valence-electron chi connectivity index (χ4n) is 2.42. The van der Waals surface area contributed by atoms with E-state index >= 15 is 0 Å². The molecule has 0 saturated heterocycles. The summed E-state index contributed by atoms with van der Waals surface area (Å²) in [4.78, 5) is 31.6. The Morgan fingerprint density at radius 3 is 2.27 bits per heavy atom. The molecule has 0 amide bonds. The lowest BCUT2D eigenvalue weighted by Crippen LogP contribution is -2.10. The summed E-state index contributed by atoms with van der Waals surface area (Å²) in [6.45, 7) is 0. The molecule has 1 heterocycles. The van der Waals surface area contributed by atoms with E-state index in [9.17, 15) is 20.1 Å². The first-order chi connectivity index (χ1) is 12.5. The van der Waals surface area contributed by atoms with Crippen molar-refractivity contribution < 1.29 is 39.3 Å². The van der Waals surface area contributed by atoms with Gasteiger partial charge in [-0.2, -0.15) is 9.78 Å². The van der Waals surface area contributed by atoms with Crippen molar-refractivity contribution in [3.63, 3.8) is 0 Å². The minimum absolute atomic E-state index is 0.0203. The van der Waals surface area contributed by atoms with Crippen LogP contribution in [-0.2, 0) is 9.78 Å². The van der Waals surface area contributed by atoms with Crippen molar-refractivity contribution >= 4 is 11.0 Å². The second-order valence-electron chi connectivity index (χ2n) is 5.11. The summed E-state index contributed by atoms with van der Waals surface area (Å²) >= 11 is 0. The summed E-state index contributed by atoms with van der Waals surface area (Å²) in [6.07, 6.45) is 0. The topological polar surface area (TPSA) is 128 Å². The largest absolute Gasteiger partial charge is 0.507 e. The Balaban J connectivity index is 2.34. The monoisotopic (exact) mass is 362 g/mol. The number of hydrogen-bond acceptors (Lipinski definition) is 9. The number of phenolic OH excluding ortho intramolecular Hbond substituents is 3. The van der Waals surface area contributed by atoms with Gasteiger partial charge in [0, 0.05) is 17.7 Å². The third kappa shape index (κ3) is 2.96. The first-order valence-corrected chi connectivity index (χ1v) is 7.23. The van der Waals surface area contributed by atoms with E-state index in [0.717, 1.165) is 0 Å². The zero-order valence-electron chi connectivity index (χ0n) is 13.7. The van der Waals surface area contributed by atoms with Crippen LogP contribution in [0, 0.1) is 0 Å². The Kier molecular flexibility index (Phi) is 4.57. The highest BCUT2D eigenvalue weighted by Gasteiger charge is 2.22. The molecule has 0 radical (unpaired) electrons. The first-order valence-electron chi connectivity index (χ1n) is 7.23. The van der Waals surface area contributed by atoms with Crippen LogP contribution in [0.15, 0.2) is 39.5 Å². The zero-order chi connectivity index (χ0) is 18.8. The fraction of sp³-hybridized carbons (Fsp3) is 0.118. The molecule has 0 bridgehead atoms. The summed E-state index contributed by atoms with van der Waals surface area (Å²) in [6, 6.07) is 6.30. The standard InChI is InChI=1S/C17H14O9/c1-22-25-9-6-12(20)14-13(7-9)24-16(17(15(14)21)26-23-2)8-3-4-10(18)11(19)5-8/h3-7,18-20H,1-2H3. The van der Waals surface area contributed by atoms with Crippen molar-refractivity contribution in [2.45, 2.75) is 0 Å². The van der Waals surface area contributed by atoms with Gasteiger partial charge in [-0.25, -0.2) is 0 Å². The second-order valence-corrected chi connectivity index (χ2v) is 5.11. The summed E-state index contributed by atoms with van der Waals surface area (Å²) in [5, 5.41) is 29.1. The smallest absolute Gasteiger partial charge is 0.256 e. The number of rotatable bonds is 5. The molecule has 0 unspecified atom stereocenters. The molecule has 0 fully saturated rings. The van der Waals surface area contributed by atoms with Gasteiger partial charge in [-0.3, -0.25) is 4.79 Å². The number of fused-ring (bicyclic) bond motifs is 1. The summed E-state index contributed by atoms with van der Waals surface area (Å²) in [7, 11) is 2.47. The molecular weight excluding hydrogens is 348 g/mol. The van der Waals surface area contributed by atoms with Gasteiger partial charge in [0.25, 0.3) is 5.75 Å². The molecule has 0 saturated carbocycles. The van der Waals surface area contributed by atoms with Crippen molar-refractivity contribution in [2.75, 3.05) is 14.2 Å². The predicted octanol–water partition coefficient (Wildman–Crippen LogP) is 2.46. The van der Waals surface area contributed by atoms with E-state index in [1.54, 1.807) is 0 Å². The van der Waals surface area contributed by atoms with Crippen LogP contribution >= 0.6 is 0 Å². The van der Waals surface area contributed by atoms with Crippen molar-refractivity contribution in [2.24, 2.45) is 0 Å². The Morgan fingerprint density at radius 1 is 0.885 bits per heavy atom. The van der Waals surface area contributed by atoms with Crippen LogP contribution in [0.2, 0.25) is 0 Å². The van der Waals surface area contributed by atoms with E-state index < -0.39 is 16.9 Å². The normalized spacial score (nSPS) is 10.8. The molecule has 26 heavy (non-hydrogen) atoms. The van der Waals surface area contributed by atoms with Crippen LogP contribution in [0.1, 0.15) is 0 Å². The number of phenols is 3. The van der Waals surface area contributed by atoms with Crippen molar-refractivity contribution in [1.82, 2.24) is 0 Å². The molecule has 2 aromatic carbocycles. The van der Waals surface area contributed by atoms with Crippen molar-refractivity contribution in [3.8, 4) is 40.1 Å². The van der Waals surface area contributed by atoms with Crippen LogP contribution in [0.5, 0.6) is 28.7 Å². The van der Waals surface area contributed by atoms with Crippen LogP contribution in [-0.4, -0.2) is 29.5 Å². The third-order valence-electron chi connectivity index (χ3n) is 3.49. The minimum Gasteiger partial charge on any atom is -0.507 e. The maximum Gasteiger partial charge on any atom is 0.256 e. The molecule has 9 nitrogen and oxygen atoms in total. The lowest BCUT2D eigenvalue weighted by Gasteiger charge is -2.11. The number of aromatic hydroxyl groups is 3. The van der Waals surface area contributed by atoms with E-state index in [-0.39, 0.29) is 39.5 Å². The molecule has 9 heteroatoms. The summed E-state index contributed by atoms with van der Waals surface area (Å²) < 4.78 is 5.68. The molecule has 0 aliphatic heterocycles. The van der Waals surface area contributed by atoms with Gasteiger partial charge in [-0.15, -0.1) is 0 Å². The molecule has 0 aliphatic carbocycles. The van der Waals surface area contributed by atoms with Crippen LogP contribution in [0.3, 0.4) is 0 Å². The Labute approximate surface area is 146 Å². The van der Waals surface area contributed by atoms with E-state index in [4.69, 9.17) is 14.2 Å². The van der Waals surface area contributed by atoms with Crippen molar-refractivity contribution in [1.29, 1.82) is 0 Å². The Bertz CT molecular complexity index is 1020. The maximum absolute atomic E-state index is 12.7. The third-order valence-corrected chi connectivity index (χ3v) is 3.49. The van der Waals surface area contributed by atoms with Gasteiger partial charge in [0.15, 0.2) is 23.0 Å². The number of hydrogen-bond donors (Lipinski definition) is 3. The highest BCUT2D eigenvalue weighted by atomic mass is 17.2. The molecule has 3 rings (SSSR count). The molecule has 0 spiro atoms. The molecule has 136 valence electrons. The van der Waals surface area contributed by atoms with E-state index in [1.165, 1.54) is 44.6 Å². The van der Waals surface area contributed by atoms with Crippen LogP contribution < -0.4 is 15.2 Å². The Hall–Kier alpha value is -3.43. The zero-order valence-corrected chi connectivity index (χ0v) is 13.7. The first kappa shape index (κ1) is 17.4. The van der Waals surface area contributed by atoms with Gasteiger partial charge in [-0.05, 0) is 18.2 Å². The van der Waals surface area contributed by atoms with E-state index in [2.05, 4.69) is 9.78 Å². The van der Waals surface area contributed by atoms with Crippen LogP contribution in [0.25, 0.3) is 22.3 Å². The number of benzene rings is 2. The highest BCUT2D eigenvalue weighted by molar-refractivity contribution is 5.88. The lowest BCUT2D eigenvalue weighted by atomic mass is 10.1. The minimum atomic E-state index is -0.711. The van der Waals surface area contributed by atoms with Gasteiger partial charge in [-0.1, -0.05) is 0 Å². The van der Waals surface area contributed by atoms with Crippen LogP contribution in [0.4, 0.5) is 0 Å². The van der Waals surface area contributed by atoms with Gasteiger partial charge < -0.3 is 29.5 Å². The molecular formula is C17H14O9. The molecule has 3 N–H and O–H groups in total. The van der Waals surface area contributed by atoms with Gasteiger partial charge in [0.1, 0.15) is 16.7 Å². The molecule has 0 aliphatic rings. The predicted molar refractivity (Wildman–Crippen MR) is 88.2 cm³/mol. The fourth-order valence-corrected chi connectivity index (χ4v) is 2.42. The second kappa shape index (κ2) is 6.82. The average molecular weight is 362 g/mol. The van der Waals surface area contributed by atoms with E-state index in [0.29, 0.717) is 0 Å². The highest BCUT2D eigenvalue weighted by Crippen LogP contribution is 2.38. The summed E-state index contributed by atoms with van der Waals surface area (Å²) in [5.41, 5.74) is -0.505. The quantitative estimate of drug-likeness (QED) is 0.356. The summed E-state index contributed by atoms with van der Waals surface area (Å²) in [5.74, 6) is -1.52. The lowest BCUT2D eigenvalue weighted by molar-refractivity contribution is -0.179.